The molecule has 1 aromatic carbocycles. The summed E-state index contributed by atoms with van der Waals surface area (Å²) in [7, 11) is 0. The van der Waals surface area contributed by atoms with E-state index >= 15 is 0 Å². The van der Waals surface area contributed by atoms with Crippen LogP contribution in [0.4, 0.5) is 0 Å². The predicted octanol–water partition coefficient (Wildman–Crippen LogP) is 0.0152. The summed E-state index contributed by atoms with van der Waals surface area (Å²) in [5, 5.41) is 38.2. The molecular formula is C15H20N2O4. The SMILES string of the molecule is OCCC(O)C(O)C(O)Cn1ccnc1-c1ccccc1. The van der Waals surface area contributed by atoms with Crippen molar-refractivity contribution in [3.05, 3.63) is 42.7 Å². The van der Waals surface area contributed by atoms with Crippen molar-refractivity contribution in [1.29, 1.82) is 0 Å². The molecule has 0 saturated heterocycles. The molecular weight excluding hydrogens is 272 g/mol. The molecule has 6 heteroatoms. The number of aliphatic hydroxyl groups is 4. The van der Waals surface area contributed by atoms with Crippen molar-refractivity contribution in [1.82, 2.24) is 9.55 Å². The summed E-state index contributed by atoms with van der Waals surface area (Å²) in [6, 6.07) is 9.50. The van der Waals surface area contributed by atoms with E-state index in [2.05, 4.69) is 4.98 Å². The maximum atomic E-state index is 10.0. The molecule has 0 saturated carbocycles. The van der Waals surface area contributed by atoms with Crippen LogP contribution in [-0.4, -0.2) is 54.9 Å². The Morgan fingerprint density at radius 2 is 1.76 bits per heavy atom. The monoisotopic (exact) mass is 292 g/mol. The molecule has 2 aromatic rings. The molecule has 0 radical (unpaired) electrons. The molecule has 2 rings (SSSR count). The lowest BCUT2D eigenvalue weighted by Crippen LogP contribution is -2.40. The number of imidazole rings is 1. The fraction of sp³-hybridized carbons (Fsp3) is 0.400. The molecule has 3 atom stereocenters. The zero-order valence-corrected chi connectivity index (χ0v) is 11.6. The van der Waals surface area contributed by atoms with E-state index in [9.17, 15) is 15.3 Å². The van der Waals surface area contributed by atoms with Crippen molar-refractivity contribution in [2.45, 2.75) is 31.3 Å². The number of aliphatic hydroxyl groups excluding tert-OH is 4. The third kappa shape index (κ3) is 3.89. The number of benzene rings is 1. The molecule has 21 heavy (non-hydrogen) atoms. The van der Waals surface area contributed by atoms with Crippen LogP contribution in [0, 0.1) is 0 Å². The van der Waals surface area contributed by atoms with Crippen molar-refractivity contribution in [2.75, 3.05) is 6.61 Å². The van der Waals surface area contributed by atoms with Crippen LogP contribution in [0.15, 0.2) is 42.7 Å². The lowest BCUT2D eigenvalue weighted by Gasteiger charge is -2.23. The van der Waals surface area contributed by atoms with Gasteiger partial charge in [0.05, 0.1) is 12.6 Å². The van der Waals surface area contributed by atoms with Gasteiger partial charge in [-0.1, -0.05) is 30.3 Å². The highest BCUT2D eigenvalue weighted by Crippen LogP contribution is 2.18. The minimum atomic E-state index is -1.32. The standard InChI is InChI=1S/C15H20N2O4/c18-9-6-12(19)14(21)13(20)10-17-8-7-16-15(17)11-4-2-1-3-5-11/h1-5,7-8,12-14,18-21H,6,9-10H2. The maximum Gasteiger partial charge on any atom is 0.139 e. The Morgan fingerprint density at radius 3 is 2.43 bits per heavy atom. The van der Waals surface area contributed by atoms with Gasteiger partial charge in [-0.15, -0.1) is 0 Å². The number of nitrogens with zero attached hydrogens (tertiary/aromatic N) is 2. The fourth-order valence-electron chi connectivity index (χ4n) is 2.17. The van der Waals surface area contributed by atoms with E-state index in [1.165, 1.54) is 0 Å². The van der Waals surface area contributed by atoms with Crippen LogP contribution in [-0.2, 0) is 6.54 Å². The van der Waals surface area contributed by atoms with Crippen molar-refractivity contribution in [2.24, 2.45) is 0 Å². The van der Waals surface area contributed by atoms with Gasteiger partial charge in [-0.05, 0) is 6.42 Å². The second-order valence-corrected chi connectivity index (χ2v) is 4.91. The minimum Gasteiger partial charge on any atom is -0.396 e. The Bertz CT molecular complexity index is 544. The number of hydrogen-bond acceptors (Lipinski definition) is 5. The van der Waals surface area contributed by atoms with E-state index < -0.39 is 18.3 Å². The zero-order chi connectivity index (χ0) is 15.2. The topological polar surface area (TPSA) is 98.7 Å². The van der Waals surface area contributed by atoms with E-state index in [4.69, 9.17) is 5.11 Å². The molecule has 1 aromatic heterocycles. The lowest BCUT2D eigenvalue weighted by atomic mass is 10.1. The third-order valence-electron chi connectivity index (χ3n) is 3.34. The molecule has 0 fully saturated rings. The normalized spacial score (nSPS) is 15.6. The summed E-state index contributed by atoms with van der Waals surface area (Å²) >= 11 is 0. The van der Waals surface area contributed by atoms with Crippen LogP contribution in [0.25, 0.3) is 11.4 Å². The molecule has 4 N–H and O–H groups in total. The van der Waals surface area contributed by atoms with Gasteiger partial charge in [0.1, 0.15) is 18.0 Å². The molecule has 0 aliphatic heterocycles. The second kappa shape index (κ2) is 7.33. The van der Waals surface area contributed by atoms with Crippen LogP contribution < -0.4 is 0 Å². The number of aromatic nitrogens is 2. The van der Waals surface area contributed by atoms with Gasteiger partial charge >= 0.3 is 0 Å². The zero-order valence-electron chi connectivity index (χ0n) is 11.6. The van der Waals surface area contributed by atoms with Crippen molar-refractivity contribution in [3.8, 4) is 11.4 Å². The molecule has 3 unspecified atom stereocenters. The quantitative estimate of drug-likeness (QED) is 0.576. The van der Waals surface area contributed by atoms with E-state index in [1.54, 1.807) is 17.0 Å². The van der Waals surface area contributed by atoms with Gasteiger partial charge in [0.15, 0.2) is 0 Å². The van der Waals surface area contributed by atoms with Crippen LogP contribution in [0.5, 0.6) is 0 Å². The average molecular weight is 292 g/mol. The predicted molar refractivity (Wildman–Crippen MR) is 77.4 cm³/mol. The number of rotatable bonds is 7. The molecule has 114 valence electrons. The van der Waals surface area contributed by atoms with Crippen LogP contribution in [0.2, 0.25) is 0 Å². The van der Waals surface area contributed by atoms with Crippen molar-refractivity contribution in [3.63, 3.8) is 0 Å². The van der Waals surface area contributed by atoms with Crippen molar-refractivity contribution >= 4 is 0 Å². The highest BCUT2D eigenvalue weighted by Gasteiger charge is 2.25. The first-order chi connectivity index (χ1) is 10.1. The van der Waals surface area contributed by atoms with Gasteiger partial charge in [-0.2, -0.15) is 0 Å². The molecule has 0 bridgehead atoms. The first-order valence-corrected chi connectivity index (χ1v) is 6.85. The largest absolute Gasteiger partial charge is 0.396 e. The Labute approximate surface area is 122 Å². The van der Waals surface area contributed by atoms with Crippen LogP contribution >= 0.6 is 0 Å². The summed E-state index contributed by atoms with van der Waals surface area (Å²) in [4.78, 5) is 4.25. The van der Waals surface area contributed by atoms with Gasteiger partial charge in [0, 0.05) is 24.6 Å². The Hall–Kier alpha value is -1.73. The van der Waals surface area contributed by atoms with E-state index in [0.29, 0.717) is 5.82 Å². The number of hydrogen-bond donors (Lipinski definition) is 4. The molecule has 0 spiro atoms. The Morgan fingerprint density at radius 1 is 1.05 bits per heavy atom. The summed E-state index contributed by atoms with van der Waals surface area (Å²) in [5.74, 6) is 0.679. The lowest BCUT2D eigenvalue weighted by molar-refractivity contribution is -0.0704. The summed E-state index contributed by atoms with van der Waals surface area (Å²) in [6.45, 7) is -0.140. The van der Waals surface area contributed by atoms with Crippen LogP contribution in [0.1, 0.15) is 6.42 Å². The first-order valence-electron chi connectivity index (χ1n) is 6.85. The van der Waals surface area contributed by atoms with E-state index in [-0.39, 0.29) is 19.6 Å². The summed E-state index contributed by atoms with van der Waals surface area (Å²) in [6.07, 6.45) is -0.282. The summed E-state index contributed by atoms with van der Waals surface area (Å²) in [5.41, 5.74) is 0.903. The van der Waals surface area contributed by atoms with E-state index in [1.807, 2.05) is 30.3 Å². The van der Waals surface area contributed by atoms with Gasteiger partial charge in [-0.25, -0.2) is 4.98 Å². The molecule has 0 aliphatic rings. The third-order valence-corrected chi connectivity index (χ3v) is 3.34. The molecule has 0 amide bonds. The van der Waals surface area contributed by atoms with Gasteiger partial charge in [-0.3, -0.25) is 0 Å². The van der Waals surface area contributed by atoms with Gasteiger partial charge < -0.3 is 25.0 Å². The minimum absolute atomic E-state index is 0.0215. The Kier molecular flexibility index (Phi) is 5.46. The van der Waals surface area contributed by atoms with Crippen LogP contribution in [0.3, 0.4) is 0 Å². The second-order valence-electron chi connectivity index (χ2n) is 4.91. The smallest absolute Gasteiger partial charge is 0.139 e. The summed E-state index contributed by atoms with van der Waals surface area (Å²) < 4.78 is 1.72. The van der Waals surface area contributed by atoms with Crippen molar-refractivity contribution < 1.29 is 20.4 Å². The highest BCUT2D eigenvalue weighted by atomic mass is 16.4. The highest BCUT2D eigenvalue weighted by molar-refractivity contribution is 5.55. The van der Waals surface area contributed by atoms with E-state index in [0.717, 1.165) is 5.56 Å². The first kappa shape index (κ1) is 15.7. The fourth-order valence-corrected chi connectivity index (χ4v) is 2.17. The maximum absolute atomic E-state index is 10.0. The average Bonchev–Trinajstić information content (AvgIpc) is 2.95. The molecule has 1 heterocycles. The Balaban J connectivity index is 2.09. The van der Waals surface area contributed by atoms with Gasteiger partial charge in [0.2, 0.25) is 0 Å². The molecule has 0 aliphatic carbocycles. The molecule has 6 nitrogen and oxygen atoms in total. The van der Waals surface area contributed by atoms with Gasteiger partial charge in [0.25, 0.3) is 0 Å².